The lowest BCUT2D eigenvalue weighted by molar-refractivity contribution is 1.19. The number of hydrogen-bond donors (Lipinski definition) is 1. The van der Waals surface area contributed by atoms with Gasteiger partial charge in [0.15, 0.2) is 0 Å². The molecule has 0 unspecified atom stereocenters. The van der Waals surface area contributed by atoms with E-state index in [1.807, 2.05) is 61.5 Å². The van der Waals surface area contributed by atoms with Crippen molar-refractivity contribution in [2.24, 2.45) is 0 Å². The molecule has 0 spiro atoms. The smallest absolute Gasteiger partial charge is 0.274 e. The van der Waals surface area contributed by atoms with Gasteiger partial charge in [0.25, 0.3) is 5.56 Å². The van der Waals surface area contributed by atoms with Crippen LogP contribution in [0.1, 0.15) is 16.8 Å². The van der Waals surface area contributed by atoms with Gasteiger partial charge in [-0.15, -0.1) is 0 Å². The molecule has 0 fully saturated rings. The monoisotopic (exact) mass is 262 g/mol. The van der Waals surface area contributed by atoms with E-state index in [4.69, 9.17) is 0 Å². The minimum Gasteiger partial charge on any atom is -0.319 e. The topological polar surface area (TPSA) is 45.8 Å². The normalized spacial score (nSPS) is 11.2. The van der Waals surface area contributed by atoms with Crippen LogP contribution in [-0.2, 0) is 0 Å². The van der Waals surface area contributed by atoms with E-state index in [2.05, 4.69) is 9.97 Å². The lowest BCUT2D eigenvalue weighted by Crippen LogP contribution is -2.11. The molecule has 3 heteroatoms. The van der Waals surface area contributed by atoms with Gasteiger partial charge in [-0.2, -0.15) is 0 Å². The first-order valence-corrected chi connectivity index (χ1v) is 6.46. The third-order valence-corrected chi connectivity index (χ3v) is 3.11. The van der Waals surface area contributed by atoms with Crippen LogP contribution < -0.4 is 5.56 Å². The number of H-pyrrole nitrogens is 1. The van der Waals surface area contributed by atoms with Gasteiger partial charge in [-0.1, -0.05) is 42.5 Å². The van der Waals surface area contributed by atoms with Crippen LogP contribution in [0.25, 0.3) is 23.2 Å². The second kappa shape index (κ2) is 5.13. The Hall–Kier alpha value is -2.68. The van der Waals surface area contributed by atoms with E-state index in [0.29, 0.717) is 5.69 Å². The van der Waals surface area contributed by atoms with Gasteiger partial charge in [0.2, 0.25) is 0 Å². The predicted molar refractivity (Wildman–Crippen MR) is 82.5 cm³/mol. The Morgan fingerprint density at radius 2 is 1.85 bits per heavy atom. The molecule has 3 nitrogen and oxygen atoms in total. The zero-order valence-corrected chi connectivity index (χ0v) is 11.1. The molecule has 0 atom stereocenters. The van der Waals surface area contributed by atoms with Crippen molar-refractivity contribution in [2.75, 3.05) is 0 Å². The van der Waals surface area contributed by atoms with Gasteiger partial charge >= 0.3 is 0 Å². The first kappa shape index (κ1) is 12.4. The molecule has 0 radical (unpaired) electrons. The number of nitrogens with one attached hydrogen (secondary N) is 1. The average Bonchev–Trinajstić information content (AvgIpc) is 2.46. The largest absolute Gasteiger partial charge is 0.319 e. The third kappa shape index (κ3) is 2.52. The maximum Gasteiger partial charge on any atom is 0.274 e. The Labute approximate surface area is 116 Å². The van der Waals surface area contributed by atoms with Crippen molar-refractivity contribution < 1.29 is 0 Å². The summed E-state index contributed by atoms with van der Waals surface area (Å²) in [5.41, 5.74) is 3.95. The molecule has 98 valence electrons. The molecule has 3 aromatic rings. The van der Waals surface area contributed by atoms with Crippen LogP contribution in [0, 0.1) is 6.92 Å². The molecule has 1 heterocycles. The summed E-state index contributed by atoms with van der Waals surface area (Å²) in [6.45, 7) is 1.99. The zero-order valence-electron chi connectivity index (χ0n) is 11.1. The second-order valence-corrected chi connectivity index (χ2v) is 4.72. The summed E-state index contributed by atoms with van der Waals surface area (Å²) < 4.78 is 0. The number of hydrogen-bond acceptors (Lipinski definition) is 2. The van der Waals surface area contributed by atoms with Gasteiger partial charge < -0.3 is 4.98 Å². The van der Waals surface area contributed by atoms with E-state index in [1.54, 1.807) is 6.08 Å². The van der Waals surface area contributed by atoms with Crippen molar-refractivity contribution >= 4 is 23.2 Å². The van der Waals surface area contributed by atoms with Crippen molar-refractivity contribution in [3.05, 3.63) is 75.7 Å². The maximum atomic E-state index is 12.0. The van der Waals surface area contributed by atoms with E-state index in [0.717, 1.165) is 22.2 Å². The lowest BCUT2D eigenvalue weighted by atomic mass is 10.2. The summed E-state index contributed by atoms with van der Waals surface area (Å²) in [6.07, 6.45) is 3.63. The van der Waals surface area contributed by atoms with Crippen molar-refractivity contribution in [3.8, 4) is 0 Å². The Morgan fingerprint density at radius 3 is 2.65 bits per heavy atom. The summed E-state index contributed by atoms with van der Waals surface area (Å²) in [5, 5.41) is 0. The van der Waals surface area contributed by atoms with Crippen molar-refractivity contribution in [1.29, 1.82) is 0 Å². The number of fused-ring (bicyclic) bond motifs is 1. The van der Waals surface area contributed by atoms with Crippen molar-refractivity contribution in [3.63, 3.8) is 0 Å². The molecule has 0 saturated carbocycles. The number of aromatic nitrogens is 2. The van der Waals surface area contributed by atoms with Gasteiger partial charge in [0, 0.05) is 0 Å². The molecular weight excluding hydrogens is 248 g/mol. The van der Waals surface area contributed by atoms with E-state index in [9.17, 15) is 4.79 Å². The summed E-state index contributed by atoms with van der Waals surface area (Å²) in [5.74, 6) is 0. The van der Waals surface area contributed by atoms with Crippen LogP contribution in [0.15, 0.2) is 53.3 Å². The minimum absolute atomic E-state index is 0.171. The Kier molecular flexibility index (Phi) is 3.17. The quantitative estimate of drug-likeness (QED) is 0.769. The molecule has 0 bridgehead atoms. The Bertz CT molecular complexity index is 832. The zero-order chi connectivity index (χ0) is 13.9. The van der Waals surface area contributed by atoms with Gasteiger partial charge in [-0.05, 0) is 36.3 Å². The van der Waals surface area contributed by atoms with E-state index < -0.39 is 0 Å². The molecule has 2 aromatic carbocycles. The van der Waals surface area contributed by atoms with Crippen LogP contribution in [0.5, 0.6) is 0 Å². The maximum absolute atomic E-state index is 12.0. The van der Waals surface area contributed by atoms with Crippen LogP contribution in [0.2, 0.25) is 0 Å². The highest BCUT2D eigenvalue weighted by Crippen LogP contribution is 2.11. The number of aromatic amines is 1. The van der Waals surface area contributed by atoms with Crippen molar-refractivity contribution in [1.82, 2.24) is 9.97 Å². The van der Waals surface area contributed by atoms with E-state index in [-0.39, 0.29) is 5.56 Å². The fourth-order valence-corrected chi connectivity index (χ4v) is 2.07. The van der Waals surface area contributed by atoms with Crippen LogP contribution in [-0.4, -0.2) is 9.97 Å². The van der Waals surface area contributed by atoms with E-state index >= 15 is 0 Å². The SMILES string of the molecule is Cc1ccc2nc(C=Cc3ccccc3)c(=O)[nH]c2c1. The summed E-state index contributed by atoms with van der Waals surface area (Å²) in [6, 6.07) is 15.7. The standard InChI is InChI=1S/C17H14N2O/c1-12-7-9-14-16(11-12)19-17(20)15(18-14)10-8-13-5-3-2-4-6-13/h2-11H,1H3,(H,19,20). The molecule has 1 N–H and O–H groups in total. The van der Waals surface area contributed by atoms with E-state index in [1.165, 1.54) is 0 Å². The number of aryl methyl sites for hydroxylation is 1. The summed E-state index contributed by atoms with van der Waals surface area (Å²) in [4.78, 5) is 19.3. The lowest BCUT2D eigenvalue weighted by Gasteiger charge is -2.00. The number of benzene rings is 2. The van der Waals surface area contributed by atoms with Crippen LogP contribution in [0.4, 0.5) is 0 Å². The highest BCUT2D eigenvalue weighted by Gasteiger charge is 2.01. The molecule has 0 aliphatic rings. The van der Waals surface area contributed by atoms with Crippen molar-refractivity contribution in [2.45, 2.75) is 6.92 Å². The predicted octanol–water partition coefficient (Wildman–Crippen LogP) is 3.40. The average molecular weight is 262 g/mol. The first-order chi connectivity index (χ1) is 9.72. The highest BCUT2D eigenvalue weighted by atomic mass is 16.1. The second-order valence-electron chi connectivity index (χ2n) is 4.72. The fourth-order valence-electron chi connectivity index (χ4n) is 2.07. The van der Waals surface area contributed by atoms with Crippen LogP contribution in [0.3, 0.4) is 0 Å². The van der Waals surface area contributed by atoms with Gasteiger partial charge in [-0.3, -0.25) is 4.79 Å². The number of nitrogens with zero attached hydrogens (tertiary/aromatic N) is 1. The molecule has 1 aromatic heterocycles. The van der Waals surface area contributed by atoms with Gasteiger partial charge in [0.05, 0.1) is 11.0 Å². The highest BCUT2D eigenvalue weighted by molar-refractivity contribution is 5.77. The molecule has 0 saturated heterocycles. The fraction of sp³-hybridized carbons (Fsp3) is 0.0588. The molecule has 0 amide bonds. The summed E-state index contributed by atoms with van der Waals surface area (Å²) >= 11 is 0. The van der Waals surface area contributed by atoms with Gasteiger partial charge in [-0.25, -0.2) is 4.98 Å². The third-order valence-electron chi connectivity index (χ3n) is 3.11. The molecule has 0 aliphatic carbocycles. The Balaban J connectivity index is 2.04. The van der Waals surface area contributed by atoms with Gasteiger partial charge in [0.1, 0.15) is 5.69 Å². The molecule has 0 aliphatic heterocycles. The number of rotatable bonds is 2. The Morgan fingerprint density at radius 1 is 1.05 bits per heavy atom. The first-order valence-electron chi connectivity index (χ1n) is 6.46. The molecular formula is C17H14N2O. The van der Waals surface area contributed by atoms with Crippen LogP contribution >= 0.6 is 0 Å². The molecule has 3 rings (SSSR count). The molecule has 20 heavy (non-hydrogen) atoms. The summed E-state index contributed by atoms with van der Waals surface area (Å²) in [7, 11) is 0. The minimum atomic E-state index is -0.171.